The zero-order valence-corrected chi connectivity index (χ0v) is 34.6. The molecule has 0 aliphatic carbocycles. The van der Waals surface area contributed by atoms with Crippen LogP contribution in [0.3, 0.4) is 0 Å². The number of benzene rings is 12. The molecular formula is C62H41N. The van der Waals surface area contributed by atoms with E-state index in [0.29, 0.717) is 0 Å². The highest BCUT2D eigenvalue weighted by Gasteiger charge is 2.19. The molecule has 1 heteroatoms. The third-order valence-corrected chi connectivity index (χ3v) is 12.8. The van der Waals surface area contributed by atoms with E-state index in [1.807, 2.05) is 0 Å². The van der Waals surface area contributed by atoms with E-state index in [9.17, 15) is 0 Å². The lowest BCUT2D eigenvalue weighted by Gasteiger charge is -2.26. The number of hydrogen-bond donors (Lipinski definition) is 0. The van der Waals surface area contributed by atoms with Crippen LogP contribution in [0.25, 0.3) is 98.4 Å². The van der Waals surface area contributed by atoms with Gasteiger partial charge in [-0.15, -0.1) is 0 Å². The molecule has 294 valence electrons. The van der Waals surface area contributed by atoms with Gasteiger partial charge in [0.05, 0.1) is 0 Å². The van der Waals surface area contributed by atoms with Gasteiger partial charge in [0.25, 0.3) is 0 Å². The third-order valence-electron chi connectivity index (χ3n) is 12.8. The van der Waals surface area contributed by atoms with Crippen LogP contribution in [0.5, 0.6) is 0 Å². The van der Waals surface area contributed by atoms with Gasteiger partial charge in [-0.1, -0.05) is 200 Å². The van der Waals surface area contributed by atoms with Gasteiger partial charge in [0.15, 0.2) is 0 Å². The van der Waals surface area contributed by atoms with Crippen molar-refractivity contribution < 1.29 is 0 Å². The Labute approximate surface area is 367 Å². The van der Waals surface area contributed by atoms with Crippen LogP contribution >= 0.6 is 0 Å². The highest BCUT2D eigenvalue weighted by molar-refractivity contribution is 6.22. The highest BCUT2D eigenvalue weighted by atomic mass is 15.1. The van der Waals surface area contributed by atoms with Gasteiger partial charge in [-0.2, -0.15) is 0 Å². The molecule has 0 spiro atoms. The Kier molecular flexibility index (Phi) is 8.90. The topological polar surface area (TPSA) is 3.24 Å². The van der Waals surface area contributed by atoms with E-state index in [-0.39, 0.29) is 0 Å². The Morgan fingerprint density at radius 3 is 1.33 bits per heavy atom. The second-order valence-electron chi connectivity index (χ2n) is 16.5. The van der Waals surface area contributed by atoms with Crippen molar-refractivity contribution in [1.82, 2.24) is 0 Å². The molecule has 12 aromatic rings. The van der Waals surface area contributed by atoms with Crippen LogP contribution in [0, 0.1) is 0 Å². The minimum atomic E-state index is 1.10. The van der Waals surface area contributed by atoms with Crippen LogP contribution in [0.15, 0.2) is 249 Å². The predicted octanol–water partition coefficient (Wildman–Crippen LogP) is 17.6. The second kappa shape index (κ2) is 15.3. The summed E-state index contributed by atoms with van der Waals surface area (Å²) in [5.41, 5.74) is 13.1. The Hall–Kier alpha value is -8.26. The Bertz CT molecular complexity index is 3650. The van der Waals surface area contributed by atoms with Crippen molar-refractivity contribution in [2.75, 3.05) is 4.90 Å². The molecule has 12 rings (SSSR count). The molecule has 0 bridgehead atoms. The Morgan fingerprint density at radius 1 is 0.190 bits per heavy atom. The molecule has 1 nitrogen and oxygen atoms in total. The van der Waals surface area contributed by atoms with Gasteiger partial charge < -0.3 is 4.90 Å². The summed E-state index contributed by atoms with van der Waals surface area (Å²) in [4.78, 5) is 2.40. The predicted molar refractivity (Wildman–Crippen MR) is 270 cm³/mol. The normalized spacial score (nSPS) is 11.5. The molecule has 0 heterocycles. The lowest BCUT2D eigenvalue weighted by molar-refractivity contribution is 1.29. The lowest BCUT2D eigenvalue weighted by atomic mass is 9.84. The molecule has 0 unspecified atom stereocenters. The minimum Gasteiger partial charge on any atom is -0.310 e. The van der Waals surface area contributed by atoms with Crippen molar-refractivity contribution in [3.05, 3.63) is 249 Å². The second-order valence-corrected chi connectivity index (χ2v) is 16.5. The van der Waals surface area contributed by atoms with Crippen molar-refractivity contribution in [3.63, 3.8) is 0 Å². The van der Waals surface area contributed by atoms with Crippen LogP contribution in [0.2, 0.25) is 0 Å². The molecule has 0 saturated heterocycles. The van der Waals surface area contributed by atoms with E-state index in [1.165, 1.54) is 98.4 Å². The molecule has 0 saturated carbocycles. The molecule has 0 aliphatic rings. The summed E-state index contributed by atoms with van der Waals surface area (Å²) in [6.07, 6.45) is 0. The standard InChI is InChI=1S/C62H41N/c1-4-14-42(15-5-1)47-25-26-49-39-53(34-30-48(49)38-47)63(54-35-37-56-51(40-54)27-24-44-16-10-11-21-55(44)56)52-32-28-43(29-33-52)50-31-36-58-57-22-12-13-23-59(57)61(45-17-6-2-7-18-45)62(60(58)41-50)46-19-8-3-9-20-46/h1-41H. The summed E-state index contributed by atoms with van der Waals surface area (Å²) in [5, 5.41) is 12.4. The van der Waals surface area contributed by atoms with Crippen LogP contribution in [0.4, 0.5) is 17.1 Å². The molecule has 0 radical (unpaired) electrons. The Balaban J connectivity index is 1.00. The third kappa shape index (κ3) is 6.50. The highest BCUT2D eigenvalue weighted by Crippen LogP contribution is 2.46. The molecule has 0 atom stereocenters. The quantitative estimate of drug-likeness (QED) is 0.145. The van der Waals surface area contributed by atoms with Crippen molar-refractivity contribution in [3.8, 4) is 44.5 Å². The molecule has 0 amide bonds. The first-order chi connectivity index (χ1) is 31.2. The van der Waals surface area contributed by atoms with Gasteiger partial charge in [-0.3, -0.25) is 0 Å². The van der Waals surface area contributed by atoms with E-state index in [1.54, 1.807) is 0 Å². The van der Waals surface area contributed by atoms with Gasteiger partial charge in [-0.25, -0.2) is 0 Å². The van der Waals surface area contributed by atoms with Crippen molar-refractivity contribution >= 4 is 70.9 Å². The molecule has 63 heavy (non-hydrogen) atoms. The SMILES string of the molecule is c1ccc(-c2ccc3cc(N(c4ccc(-c5ccc6c(c5)c(-c5ccccc5)c(-c5ccccc5)c5ccccc56)cc4)c4ccc5c(ccc6ccccc65)c4)ccc3c2)cc1. The van der Waals surface area contributed by atoms with E-state index in [0.717, 1.165) is 17.1 Å². The number of anilines is 3. The molecule has 0 aromatic heterocycles. The van der Waals surface area contributed by atoms with E-state index in [4.69, 9.17) is 0 Å². The molecular weight excluding hydrogens is 759 g/mol. The van der Waals surface area contributed by atoms with Crippen molar-refractivity contribution in [2.24, 2.45) is 0 Å². The molecule has 0 fully saturated rings. The largest absolute Gasteiger partial charge is 0.310 e. The summed E-state index contributed by atoms with van der Waals surface area (Å²) in [6, 6.07) is 91.1. The number of rotatable bonds is 7. The van der Waals surface area contributed by atoms with Gasteiger partial charge in [0, 0.05) is 17.1 Å². The summed E-state index contributed by atoms with van der Waals surface area (Å²) in [7, 11) is 0. The maximum Gasteiger partial charge on any atom is 0.0468 e. The summed E-state index contributed by atoms with van der Waals surface area (Å²) in [5.74, 6) is 0. The fourth-order valence-electron chi connectivity index (χ4n) is 9.75. The average Bonchev–Trinajstić information content (AvgIpc) is 3.36. The summed E-state index contributed by atoms with van der Waals surface area (Å²) < 4.78 is 0. The van der Waals surface area contributed by atoms with Crippen molar-refractivity contribution in [2.45, 2.75) is 0 Å². The van der Waals surface area contributed by atoms with Crippen molar-refractivity contribution in [1.29, 1.82) is 0 Å². The number of fused-ring (bicyclic) bond motifs is 7. The van der Waals surface area contributed by atoms with Crippen LogP contribution < -0.4 is 4.90 Å². The zero-order chi connectivity index (χ0) is 41.7. The van der Waals surface area contributed by atoms with E-state index >= 15 is 0 Å². The lowest BCUT2D eigenvalue weighted by Crippen LogP contribution is -2.10. The van der Waals surface area contributed by atoms with Crippen LogP contribution in [-0.4, -0.2) is 0 Å². The van der Waals surface area contributed by atoms with Crippen LogP contribution in [-0.2, 0) is 0 Å². The molecule has 0 N–H and O–H groups in total. The molecule has 0 aliphatic heterocycles. The minimum absolute atomic E-state index is 1.10. The fraction of sp³-hybridized carbons (Fsp3) is 0. The smallest absolute Gasteiger partial charge is 0.0468 e. The maximum absolute atomic E-state index is 2.41. The average molecular weight is 800 g/mol. The van der Waals surface area contributed by atoms with Gasteiger partial charge in [0.1, 0.15) is 0 Å². The molecule has 12 aromatic carbocycles. The monoisotopic (exact) mass is 799 g/mol. The van der Waals surface area contributed by atoms with Gasteiger partial charge >= 0.3 is 0 Å². The van der Waals surface area contributed by atoms with E-state index < -0.39 is 0 Å². The maximum atomic E-state index is 2.41. The fourth-order valence-corrected chi connectivity index (χ4v) is 9.75. The number of hydrogen-bond acceptors (Lipinski definition) is 1. The summed E-state index contributed by atoms with van der Waals surface area (Å²) in [6.45, 7) is 0. The Morgan fingerprint density at radius 2 is 0.603 bits per heavy atom. The number of nitrogens with zero attached hydrogens (tertiary/aromatic N) is 1. The van der Waals surface area contributed by atoms with Gasteiger partial charge in [-0.05, 0) is 147 Å². The zero-order valence-electron chi connectivity index (χ0n) is 34.6. The first-order valence-electron chi connectivity index (χ1n) is 21.7. The summed E-state index contributed by atoms with van der Waals surface area (Å²) >= 11 is 0. The first-order valence-corrected chi connectivity index (χ1v) is 21.7. The van der Waals surface area contributed by atoms with Crippen LogP contribution in [0.1, 0.15) is 0 Å². The van der Waals surface area contributed by atoms with E-state index in [2.05, 4.69) is 254 Å². The van der Waals surface area contributed by atoms with Gasteiger partial charge in [0.2, 0.25) is 0 Å². The first kappa shape index (κ1) is 36.6.